The largest absolute Gasteiger partial charge is 0.492 e. The zero-order chi connectivity index (χ0) is 13.5. The number of benzene rings is 2. The number of ether oxygens (including phenoxy) is 1. The van der Waals surface area contributed by atoms with E-state index in [1.165, 1.54) is 0 Å². The third-order valence-electron chi connectivity index (χ3n) is 2.98. The number of nitrogens with zero attached hydrogens (tertiary/aromatic N) is 1. The molecule has 2 aromatic rings. The Morgan fingerprint density at radius 2 is 1.68 bits per heavy atom. The van der Waals surface area contributed by atoms with Crippen LogP contribution in [0.5, 0.6) is 5.75 Å². The maximum Gasteiger partial charge on any atom is 0.119 e. The first-order valence-electron chi connectivity index (χ1n) is 6.45. The first-order valence-corrected chi connectivity index (χ1v) is 6.45. The quantitative estimate of drug-likeness (QED) is 0.808. The SMILES string of the molecule is CN(CCOc1ccccc1)Cc1ccccc1N. The molecule has 19 heavy (non-hydrogen) atoms. The van der Waals surface area contributed by atoms with Gasteiger partial charge in [0.1, 0.15) is 12.4 Å². The summed E-state index contributed by atoms with van der Waals surface area (Å²) in [7, 11) is 2.07. The number of hydrogen-bond donors (Lipinski definition) is 1. The summed E-state index contributed by atoms with van der Waals surface area (Å²) in [6.45, 7) is 2.38. The smallest absolute Gasteiger partial charge is 0.119 e. The molecule has 0 fully saturated rings. The van der Waals surface area contributed by atoms with Crippen molar-refractivity contribution < 1.29 is 4.74 Å². The Balaban J connectivity index is 1.76. The van der Waals surface area contributed by atoms with E-state index in [9.17, 15) is 0 Å². The highest BCUT2D eigenvalue weighted by molar-refractivity contribution is 5.46. The van der Waals surface area contributed by atoms with Gasteiger partial charge in [-0.15, -0.1) is 0 Å². The molecule has 0 amide bonds. The van der Waals surface area contributed by atoms with Gasteiger partial charge in [0, 0.05) is 18.8 Å². The average Bonchev–Trinajstić information content (AvgIpc) is 2.43. The molecule has 0 radical (unpaired) electrons. The van der Waals surface area contributed by atoms with Crippen LogP contribution in [0.25, 0.3) is 0 Å². The molecule has 0 spiro atoms. The molecule has 2 aromatic carbocycles. The first kappa shape index (κ1) is 13.4. The van der Waals surface area contributed by atoms with Crippen molar-refractivity contribution in [3.8, 4) is 5.75 Å². The van der Waals surface area contributed by atoms with Gasteiger partial charge in [-0.25, -0.2) is 0 Å². The minimum Gasteiger partial charge on any atom is -0.492 e. The minimum absolute atomic E-state index is 0.674. The van der Waals surface area contributed by atoms with Crippen LogP contribution < -0.4 is 10.5 Å². The van der Waals surface area contributed by atoms with Gasteiger partial charge in [0.05, 0.1) is 0 Å². The molecule has 3 nitrogen and oxygen atoms in total. The summed E-state index contributed by atoms with van der Waals surface area (Å²) in [4.78, 5) is 2.20. The molecule has 2 N–H and O–H groups in total. The van der Waals surface area contributed by atoms with Crippen molar-refractivity contribution in [2.75, 3.05) is 25.9 Å². The van der Waals surface area contributed by atoms with E-state index in [4.69, 9.17) is 10.5 Å². The number of hydrogen-bond acceptors (Lipinski definition) is 3. The maximum atomic E-state index is 5.93. The van der Waals surface area contributed by atoms with Crippen LogP contribution in [0, 0.1) is 0 Å². The van der Waals surface area contributed by atoms with Crippen molar-refractivity contribution in [1.82, 2.24) is 4.90 Å². The Morgan fingerprint density at radius 1 is 1.00 bits per heavy atom. The molecule has 0 aromatic heterocycles. The van der Waals surface area contributed by atoms with Crippen molar-refractivity contribution in [3.05, 3.63) is 60.2 Å². The van der Waals surface area contributed by atoms with Gasteiger partial charge in [0.15, 0.2) is 0 Å². The number of anilines is 1. The lowest BCUT2D eigenvalue weighted by atomic mass is 10.2. The minimum atomic E-state index is 0.674. The highest BCUT2D eigenvalue weighted by atomic mass is 16.5. The van der Waals surface area contributed by atoms with Crippen LogP contribution in [-0.4, -0.2) is 25.1 Å². The van der Waals surface area contributed by atoms with Gasteiger partial charge in [-0.2, -0.15) is 0 Å². The molecule has 0 saturated carbocycles. The number of likely N-dealkylation sites (N-methyl/N-ethyl adjacent to an activating group) is 1. The summed E-state index contributed by atoms with van der Waals surface area (Å²) in [5, 5.41) is 0. The van der Waals surface area contributed by atoms with Crippen LogP contribution in [0.1, 0.15) is 5.56 Å². The molecule has 100 valence electrons. The monoisotopic (exact) mass is 256 g/mol. The van der Waals surface area contributed by atoms with Gasteiger partial charge in [-0.3, -0.25) is 4.90 Å². The fourth-order valence-electron chi connectivity index (χ4n) is 1.88. The molecule has 3 heteroatoms. The zero-order valence-electron chi connectivity index (χ0n) is 11.3. The van der Waals surface area contributed by atoms with E-state index < -0.39 is 0 Å². The Labute approximate surface area is 114 Å². The van der Waals surface area contributed by atoms with E-state index in [1.54, 1.807) is 0 Å². The summed E-state index contributed by atoms with van der Waals surface area (Å²) < 4.78 is 5.67. The van der Waals surface area contributed by atoms with Crippen molar-refractivity contribution >= 4 is 5.69 Å². The van der Waals surface area contributed by atoms with Gasteiger partial charge < -0.3 is 10.5 Å². The standard InChI is InChI=1S/C16H20N2O/c1-18(13-14-7-5-6-10-16(14)17)11-12-19-15-8-3-2-4-9-15/h2-10H,11-13,17H2,1H3. The van der Waals surface area contributed by atoms with Crippen molar-refractivity contribution in [2.24, 2.45) is 0 Å². The highest BCUT2D eigenvalue weighted by Crippen LogP contribution is 2.12. The summed E-state index contributed by atoms with van der Waals surface area (Å²) in [6.07, 6.45) is 0. The van der Waals surface area contributed by atoms with Gasteiger partial charge in [0.2, 0.25) is 0 Å². The molecule has 0 saturated heterocycles. The van der Waals surface area contributed by atoms with Gasteiger partial charge in [-0.05, 0) is 30.8 Å². The molecular weight excluding hydrogens is 236 g/mol. The Morgan fingerprint density at radius 3 is 2.42 bits per heavy atom. The van der Waals surface area contributed by atoms with Crippen LogP contribution in [0.15, 0.2) is 54.6 Å². The summed E-state index contributed by atoms with van der Waals surface area (Å²) >= 11 is 0. The van der Waals surface area contributed by atoms with E-state index in [-0.39, 0.29) is 0 Å². The second-order valence-corrected chi connectivity index (χ2v) is 4.60. The molecule has 0 heterocycles. The van der Waals surface area contributed by atoms with Gasteiger partial charge in [-0.1, -0.05) is 36.4 Å². The summed E-state index contributed by atoms with van der Waals surface area (Å²) in [6, 6.07) is 17.8. The Kier molecular flexibility index (Phi) is 4.81. The number of para-hydroxylation sites is 2. The molecule has 0 aliphatic carbocycles. The predicted molar refractivity (Wildman–Crippen MR) is 79.1 cm³/mol. The molecule has 0 atom stereocenters. The van der Waals surface area contributed by atoms with E-state index >= 15 is 0 Å². The molecule has 0 unspecified atom stereocenters. The topological polar surface area (TPSA) is 38.5 Å². The van der Waals surface area contributed by atoms with Gasteiger partial charge in [0.25, 0.3) is 0 Å². The maximum absolute atomic E-state index is 5.93. The third-order valence-corrected chi connectivity index (χ3v) is 2.98. The van der Waals surface area contributed by atoms with E-state index in [2.05, 4.69) is 18.0 Å². The Hall–Kier alpha value is -2.00. The highest BCUT2D eigenvalue weighted by Gasteiger charge is 2.03. The van der Waals surface area contributed by atoms with E-state index in [0.717, 1.165) is 30.1 Å². The van der Waals surface area contributed by atoms with Gasteiger partial charge >= 0.3 is 0 Å². The number of nitrogen functional groups attached to an aromatic ring is 1. The van der Waals surface area contributed by atoms with Crippen molar-refractivity contribution in [2.45, 2.75) is 6.54 Å². The fraction of sp³-hybridized carbons (Fsp3) is 0.250. The van der Waals surface area contributed by atoms with E-state index in [0.29, 0.717) is 6.61 Å². The lowest BCUT2D eigenvalue weighted by molar-refractivity contribution is 0.233. The summed E-state index contributed by atoms with van der Waals surface area (Å²) in [5.74, 6) is 0.912. The molecule has 0 bridgehead atoms. The zero-order valence-corrected chi connectivity index (χ0v) is 11.3. The molecule has 0 aliphatic rings. The van der Waals surface area contributed by atoms with Crippen LogP contribution in [0.4, 0.5) is 5.69 Å². The summed E-state index contributed by atoms with van der Waals surface area (Å²) in [5.41, 5.74) is 7.93. The lowest BCUT2D eigenvalue weighted by Crippen LogP contribution is -2.24. The van der Waals surface area contributed by atoms with Crippen LogP contribution in [-0.2, 0) is 6.54 Å². The average molecular weight is 256 g/mol. The van der Waals surface area contributed by atoms with Crippen LogP contribution >= 0.6 is 0 Å². The second kappa shape index (κ2) is 6.81. The molecule has 2 rings (SSSR count). The molecule has 0 aliphatic heterocycles. The number of nitrogens with two attached hydrogens (primary N) is 1. The fourth-order valence-corrected chi connectivity index (χ4v) is 1.88. The van der Waals surface area contributed by atoms with Crippen LogP contribution in [0.2, 0.25) is 0 Å². The molecular formula is C16H20N2O. The lowest BCUT2D eigenvalue weighted by Gasteiger charge is -2.18. The van der Waals surface area contributed by atoms with Crippen LogP contribution in [0.3, 0.4) is 0 Å². The Bertz CT molecular complexity index is 499. The second-order valence-electron chi connectivity index (χ2n) is 4.60. The van der Waals surface area contributed by atoms with Crippen molar-refractivity contribution in [1.29, 1.82) is 0 Å². The predicted octanol–water partition coefficient (Wildman–Crippen LogP) is 2.78. The third kappa shape index (κ3) is 4.30. The van der Waals surface area contributed by atoms with Crippen molar-refractivity contribution in [3.63, 3.8) is 0 Å². The first-order chi connectivity index (χ1) is 9.25. The normalized spacial score (nSPS) is 10.6. The van der Waals surface area contributed by atoms with E-state index in [1.807, 2.05) is 48.5 Å². The number of rotatable bonds is 6.